The molecule has 17 heavy (non-hydrogen) atoms. The molecule has 0 aliphatic carbocycles. The summed E-state index contributed by atoms with van der Waals surface area (Å²) in [6.45, 7) is 0.622. The summed E-state index contributed by atoms with van der Waals surface area (Å²) < 4.78 is 0. The SMILES string of the molecule is Clc1nc(NCc2cncs2)nc2nc[nH]c12. The molecule has 0 fully saturated rings. The number of imidazole rings is 1. The van der Waals surface area contributed by atoms with Crippen LogP contribution < -0.4 is 5.32 Å². The van der Waals surface area contributed by atoms with Gasteiger partial charge in [0.1, 0.15) is 5.52 Å². The van der Waals surface area contributed by atoms with Crippen molar-refractivity contribution in [2.24, 2.45) is 0 Å². The van der Waals surface area contributed by atoms with E-state index in [9.17, 15) is 0 Å². The lowest BCUT2D eigenvalue weighted by Crippen LogP contribution is -2.02. The Morgan fingerprint density at radius 2 is 2.35 bits per heavy atom. The number of H-pyrrole nitrogens is 1. The van der Waals surface area contributed by atoms with Crippen LogP contribution in [-0.2, 0) is 6.54 Å². The van der Waals surface area contributed by atoms with E-state index in [0.717, 1.165) is 4.88 Å². The van der Waals surface area contributed by atoms with Crippen LogP contribution >= 0.6 is 22.9 Å². The zero-order valence-electron chi connectivity index (χ0n) is 8.51. The number of aromatic nitrogens is 5. The van der Waals surface area contributed by atoms with Crippen molar-refractivity contribution >= 4 is 40.0 Å². The maximum absolute atomic E-state index is 5.99. The van der Waals surface area contributed by atoms with Crippen molar-refractivity contribution in [2.75, 3.05) is 5.32 Å². The molecule has 3 rings (SSSR count). The second kappa shape index (κ2) is 4.27. The molecule has 0 aromatic carbocycles. The van der Waals surface area contributed by atoms with Gasteiger partial charge in [-0.1, -0.05) is 11.6 Å². The Bertz CT molecular complexity index is 634. The fourth-order valence-electron chi connectivity index (χ4n) is 1.37. The van der Waals surface area contributed by atoms with E-state index in [-0.39, 0.29) is 0 Å². The van der Waals surface area contributed by atoms with Crippen LogP contribution in [0.3, 0.4) is 0 Å². The molecule has 0 saturated carbocycles. The highest BCUT2D eigenvalue weighted by Gasteiger charge is 2.07. The summed E-state index contributed by atoms with van der Waals surface area (Å²) in [5.41, 5.74) is 2.98. The summed E-state index contributed by atoms with van der Waals surface area (Å²) in [5, 5.41) is 3.44. The molecular weight excluding hydrogens is 260 g/mol. The molecule has 0 saturated heterocycles. The molecule has 0 amide bonds. The van der Waals surface area contributed by atoms with Crippen molar-refractivity contribution in [1.29, 1.82) is 0 Å². The van der Waals surface area contributed by atoms with Crippen molar-refractivity contribution in [1.82, 2.24) is 24.9 Å². The quantitative estimate of drug-likeness (QED) is 0.710. The van der Waals surface area contributed by atoms with Crippen LogP contribution in [0.4, 0.5) is 5.95 Å². The van der Waals surface area contributed by atoms with Gasteiger partial charge in [-0.25, -0.2) is 4.98 Å². The molecule has 8 heteroatoms. The van der Waals surface area contributed by atoms with Crippen LogP contribution in [0.25, 0.3) is 11.2 Å². The first-order chi connectivity index (χ1) is 8.33. The molecule has 3 aromatic rings. The van der Waals surface area contributed by atoms with Gasteiger partial charge in [-0.2, -0.15) is 9.97 Å². The van der Waals surface area contributed by atoms with E-state index in [2.05, 4.69) is 30.2 Å². The molecule has 0 aliphatic heterocycles. The van der Waals surface area contributed by atoms with Gasteiger partial charge in [0, 0.05) is 11.1 Å². The Hall–Kier alpha value is -1.73. The summed E-state index contributed by atoms with van der Waals surface area (Å²) in [5.74, 6) is 0.461. The Morgan fingerprint density at radius 3 is 3.18 bits per heavy atom. The van der Waals surface area contributed by atoms with Crippen LogP contribution in [0.5, 0.6) is 0 Å². The highest BCUT2D eigenvalue weighted by molar-refractivity contribution is 7.09. The number of fused-ring (bicyclic) bond motifs is 1. The summed E-state index contributed by atoms with van der Waals surface area (Å²) in [6.07, 6.45) is 3.34. The fraction of sp³-hybridized carbons (Fsp3) is 0.111. The van der Waals surface area contributed by atoms with Crippen molar-refractivity contribution in [3.05, 3.63) is 28.1 Å². The number of nitrogens with zero attached hydrogens (tertiary/aromatic N) is 4. The zero-order valence-corrected chi connectivity index (χ0v) is 10.1. The minimum absolute atomic E-state index is 0.360. The van der Waals surface area contributed by atoms with Crippen LogP contribution in [0.2, 0.25) is 5.15 Å². The van der Waals surface area contributed by atoms with Crippen LogP contribution in [0.1, 0.15) is 4.88 Å². The number of rotatable bonds is 3. The van der Waals surface area contributed by atoms with E-state index in [1.54, 1.807) is 23.0 Å². The number of anilines is 1. The van der Waals surface area contributed by atoms with Gasteiger partial charge >= 0.3 is 0 Å². The van der Waals surface area contributed by atoms with E-state index in [1.165, 1.54) is 6.33 Å². The summed E-state index contributed by atoms with van der Waals surface area (Å²) in [6, 6.07) is 0. The van der Waals surface area contributed by atoms with E-state index in [4.69, 9.17) is 11.6 Å². The van der Waals surface area contributed by atoms with E-state index < -0.39 is 0 Å². The van der Waals surface area contributed by atoms with Gasteiger partial charge in [0.15, 0.2) is 10.8 Å². The Kier molecular flexibility index (Phi) is 2.62. The van der Waals surface area contributed by atoms with Crippen LogP contribution in [0.15, 0.2) is 18.0 Å². The predicted molar refractivity (Wildman–Crippen MR) is 66.1 cm³/mol. The number of halogens is 1. The molecule has 0 radical (unpaired) electrons. The third-order valence-electron chi connectivity index (χ3n) is 2.15. The smallest absolute Gasteiger partial charge is 0.226 e. The standard InChI is InChI=1S/C9H7ClN6S/c10-7-6-8(14-3-13-6)16-9(15-7)12-2-5-1-11-4-17-5/h1,3-4H,2H2,(H2,12,13,14,15,16). The van der Waals surface area contributed by atoms with Crippen molar-refractivity contribution in [3.8, 4) is 0 Å². The lowest BCUT2D eigenvalue weighted by molar-refractivity contribution is 1.08. The average molecular weight is 267 g/mol. The molecule has 0 unspecified atom stereocenters. The first-order valence-corrected chi connectivity index (χ1v) is 6.06. The third kappa shape index (κ3) is 2.06. The third-order valence-corrected chi connectivity index (χ3v) is 3.20. The molecule has 0 spiro atoms. The van der Waals surface area contributed by atoms with E-state index in [1.807, 2.05) is 0 Å². The molecule has 2 N–H and O–H groups in total. The predicted octanol–water partition coefficient (Wildman–Crippen LogP) is 2.07. The second-order valence-electron chi connectivity index (χ2n) is 3.26. The first-order valence-electron chi connectivity index (χ1n) is 4.81. The van der Waals surface area contributed by atoms with E-state index in [0.29, 0.717) is 28.8 Å². The maximum atomic E-state index is 5.99. The van der Waals surface area contributed by atoms with Crippen LogP contribution in [-0.4, -0.2) is 24.9 Å². The van der Waals surface area contributed by atoms with Gasteiger partial charge in [-0.3, -0.25) is 4.98 Å². The monoisotopic (exact) mass is 266 g/mol. The number of hydrogen-bond acceptors (Lipinski definition) is 6. The van der Waals surface area contributed by atoms with Gasteiger partial charge in [0.05, 0.1) is 18.4 Å². The largest absolute Gasteiger partial charge is 0.349 e. The summed E-state index contributed by atoms with van der Waals surface area (Å²) >= 11 is 7.56. The van der Waals surface area contributed by atoms with Crippen molar-refractivity contribution in [3.63, 3.8) is 0 Å². The zero-order chi connectivity index (χ0) is 11.7. The van der Waals surface area contributed by atoms with Gasteiger partial charge in [0.25, 0.3) is 0 Å². The summed E-state index contributed by atoms with van der Waals surface area (Å²) in [7, 11) is 0. The number of nitrogens with one attached hydrogen (secondary N) is 2. The molecule has 86 valence electrons. The first kappa shape index (κ1) is 10.4. The highest BCUT2D eigenvalue weighted by atomic mass is 35.5. The fourth-order valence-corrected chi connectivity index (χ4v) is 2.13. The van der Waals surface area contributed by atoms with Gasteiger partial charge in [0.2, 0.25) is 5.95 Å². The van der Waals surface area contributed by atoms with Gasteiger partial charge in [-0.05, 0) is 0 Å². The molecular formula is C9H7ClN6S. The normalized spacial score (nSPS) is 10.9. The van der Waals surface area contributed by atoms with Gasteiger partial charge < -0.3 is 10.3 Å². The lowest BCUT2D eigenvalue weighted by Gasteiger charge is -2.02. The molecule has 6 nitrogen and oxygen atoms in total. The molecule has 0 aliphatic rings. The van der Waals surface area contributed by atoms with Crippen LogP contribution in [0, 0.1) is 0 Å². The minimum Gasteiger partial charge on any atom is -0.349 e. The Balaban J connectivity index is 1.85. The lowest BCUT2D eigenvalue weighted by atomic mass is 10.5. The highest BCUT2D eigenvalue weighted by Crippen LogP contribution is 2.18. The van der Waals surface area contributed by atoms with Crippen molar-refractivity contribution < 1.29 is 0 Å². The number of aromatic amines is 1. The maximum Gasteiger partial charge on any atom is 0.226 e. The topological polar surface area (TPSA) is 79.4 Å². The molecule has 0 bridgehead atoms. The molecule has 3 heterocycles. The van der Waals surface area contributed by atoms with E-state index >= 15 is 0 Å². The van der Waals surface area contributed by atoms with Gasteiger partial charge in [-0.15, -0.1) is 11.3 Å². The van der Waals surface area contributed by atoms with Crippen molar-refractivity contribution in [2.45, 2.75) is 6.54 Å². The average Bonchev–Trinajstić information content (AvgIpc) is 2.97. The second-order valence-corrected chi connectivity index (χ2v) is 4.59. The number of thiazole rings is 1. The minimum atomic E-state index is 0.360. The summed E-state index contributed by atoms with van der Waals surface area (Å²) in [4.78, 5) is 20.4. The molecule has 0 atom stereocenters. The number of hydrogen-bond donors (Lipinski definition) is 2. The Morgan fingerprint density at radius 1 is 1.41 bits per heavy atom. The Labute approximate surface area is 105 Å². The molecule has 3 aromatic heterocycles.